The first-order valence-electron chi connectivity index (χ1n) is 3.66. The Hall–Kier alpha value is -1.04. The highest BCUT2D eigenvalue weighted by Crippen LogP contribution is 2.33. The lowest BCUT2D eigenvalue weighted by Gasteiger charge is -2.05. The van der Waals surface area contributed by atoms with Crippen molar-refractivity contribution in [3.63, 3.8) is 0 Å². The fourth-order valence-electron chi connectivity index (χ4n) is 1.04. The number of nitro groups is 1. The van der Waals surface area contributed by atoms with Gasteiger partial charge in [-0.25, -0.2) is 8.78 Å². The van der Waals surface area contributed by atoms with Gasteiger partial charge in [-0.15, -0.1) is 0 Å². The Bertz CT molecular complexity index is 382. The number of nitrogens with zero attached hydrogens (tertiary/aromatic N) is 1. The van der Waals surface area contributed by atoms with Gasteiger partial charge in [-0.3, -0.25) is 10.1 Å². The largest absolute Gasteiger partial charge is 0.270 e. The van der Waals surface area contributed by atoms with Crippen LogP contribution in [0.3, 0.4) is 0 Å². The Morgan fingerprint density at radius 1 is 1.50 bits per heavy atom. The maximum absolute atomic E-state index is 12.4. The molecule has 0 heterocycles. The Morgan fingerprint density at radius 2 is 2.07 bits per heavy atom. The second-order valence-electron chi connectivity index (χ2n) is 2.72. The lowest BCUT2D eigenvalue weighted by Crippen LogP contribution is -1.94. The topological polar surface area (TPSA) is 43.1 Å². The van der Waals surface area contributed by atoms with Gasteiger partial charge < -0.3 is 0 Å². The van der Waals surface area contributed by atoms with Crippen molar-refractivity contribution in [2.45, 2.75) is 13.3 Å². The molecule has 0 aliphatic heterocycles. The Kier molecular flexibility index (Phi) is 3.15. The molecule has 0 amide bonds. The van der Waals surface area contributed by atoms with Gasteiger partial charge in [0.15, 0.2) is 0 Å². The van der Waals surface area contributed by atoms with Crippen LogP contribution in [0.25, 0.3) is 0 Å². The van der Waals surface area contributed by atoms with Crippen LogP contribution in [-0.2, 0) is 0 Å². The van der Waals surface area contributed by atoms with Crippen molar-refractivity contribution in [2.75, 3.05) is 0 Å². The van der Waals surface area contributed by atoms with E-state index in [1.807, 2.05) is 0 Å². The van der Waals surface area contributed by atoms with Gasteiger partial charge in [0, 0.05) is 22.2 Å². The number of non-ortho nitro benzene ring substituents is 1. The van der Waals surface area contributed by atoms with E-state index in [2.05, 4.69) is 15.9 Å². The first kappa shape index (κ1) is 11.0. The van der Waals surface area contributed by atoms with Crippen LogP contribution in [0.4, 0.5) is 14.5 Å². The second kappa shape index (κ2) is 4.00. The molecule has 1 rings (SSSR count). The fourth-order valence-corrected chi connectivity index (χ4v) is 1.44. The molecule has 3 nitrogen and oxygen atoms in total. The van der Waals surface area contributed by atoms with Crippen molar-refractivity contribution in [3.05, 3.63) is 37.8 Å². The quantitative estimate of drug-likeness (QED) is 0.606. The summed E-state index contributed by atoms with van der Waals surface area (Å²) in [6.07, 6.45) is -2.72. The molecule has 6 heteroatoms. The summed E-state index contributed by atoms with van der Waals surface area (Å²) in [4.78, 5) is 9.70. The molecular weight excluding hydrogens is 260 g/mol. The van der Waals surface area contributed by atoms with E-state index in [0.29, 0.717) is 5.56 Å². The van der Waals surface area contributed by atoms with Gasteiger partial charge in [0.05, 0.1) is 4.92 Å². The molecule has 0 atom stereocenters. The summed E-state index contributed by atoms with van der Waals surface area (Å²) in [5.41, 5.74) is -0.243. The van der Waals surface area contributed by atoms with Crippen LogP contribution in [0.15, 0.2) is 16.6 Å². The number of hydrogen-bond acceptors (Lipinski definition) is 2. The molecule has 0 N–H and O–H groups in total. The van der Waals surface area contributed by atoms with Crippen LogP contribution in [-0.4, -0.2) is 4.92 Å². The van der Waals surface area contributed by atoms with Crippen molar-refractivity contribution < 1.29 is 13.7 Å². The minimum Gasteiger partial charge on any atom is -0.258 e. The van der Waals surface area contributed by atoms with Crippen molar-refractivity contribution in [2.24, 2.45) is 0 Å². The van der Waals surface area contributed by atoms with Crippen LogP contribution >= 0.6 is 15.9 Å². The zero-order chi connectivity index (χ0) is 10.9. The maximum Gasteiger partial charge on any atom is 0.270 e. The highest BCUT2D eigenvalue weighted by Gasteiger charge is 2.18. The molecule has 76 valence electrons. The van der Waals surface area contributed by atoms with E-state index < -0.39 is 11.3 Å². The molecule has 0 saturated carbocycles. The molecule has 0 aliphatic carbocycles. The molecule has 0 unspecified atom stereocenters. The van der Waals surface area contributed by atoms with Crippen LogP contribution in [0, 0.1) is 17.0 Å². The highest BCUT2D eigenvalue weighted by atomic mass is 79.9. The van der Waals surface area contributed by atoms with Gasteiger partial charge in [0.25, 0.3) is 12.1 Å². The van der Waals surface area contributed by atoms with E-state index in [1.54, 1.807) is 0 Å². The van der Waals surface area contributed by atoms with Gasteiger partial charge >= 0.3 is 0 Å². The molecule has 1 aromatic rings. The molecular formula is C8H6BrF2NO2. The van der Waals surface area contributed by atoms with Crippen LogP contribution in [0.5, 0.6) is 0 Å². The molecule has 1 aromatic carbocycles. The molecule has 0 fully saturated rings. The standard InChI is InChI=1S/C8H6BrF2NO2/c1-4-2-5(12(13)14)3-6(7(4)9)8(10)11/h2-3,8H,1H3. The number of aryl methyl sites for hydroxylation is 1. The van der Waals surface area contributed by atoms with Gasteiger partial charge in [-0.2, -0.15) is 0 Å². The number of alkyl halides is 2. The zero-order valence-corrected chi connectivity index (χ0v) is 8.72. The Balaban J connectivity index is 3.35. The maximum atomic E-state index is 12.4. The summed E-state index contributed by atoms with van der Waals surface area (Å²) in [5.74, 6) is 0. The lowest BCUT2D eigenvalue weighted by atomic mass is 10.1. The summed E-state index contributed by atoms with van der Waals surface area (Å²) in [6, 6.07) is 2.12. The average Bonchev–Trinajstić information content (AvgIpc) is 2.08. The first-order chi connectivity index (χ1) is 6.43. The van der Waals surface area contributed by atoms with E-state index in [0.717, 1.165) is 6.07 Å². The summed E-state index contributed by atoms with van der Waals surface area (Å²) in [5, 5.41) is 10.4. The number of nitro benzene ring substituents is 1. The average molecular weight is 266 g/mol. The van der Waals surface area contributed by atoms with Gasteiger partial charge in [0.1, 0.15) is 0 Å². The van der Waals surface area contributed by atoms with Crippen LogP contribution < -0.4 is 0 Å². The van der Waals surface area contributed by atoms with Crippen molar-refractivity contribution in [1.82, 2.24) is 0 Å². The van der Waals surface area contributed by atoms with Gasteiger partial charge in [-0.1, -0.05) is 15.9 Å². The zero-order valence-electron chi connectivity index (χ0n) is 7.13. The monoisotopic (exact) mass is 265 g/mol. The number of rotatable bonds is 2. The highest BCUT2D eigenvalue weighted by molar-refractivity contribution is 9.10. The third-order valence-electron chi connectivity index (χ3n) is 1.71. The van der Waals surface area contributed by atoms with E-state index in [4.69, 9.17) is 0 Å². The van der Waals surface area contributed by atoms with E-state index in [1.165, 1.54) is 13.0 Å². The van der Waals surface area contributed by atoms with E-state index in [9.17, 15) is 18.9 Å². The molecule has 0 aromatic heterocycles. The lowest BCUT2D eigenvalue weighted by molar-refractivity contribution is -0.385. The third-order valence-corrected chi connectivity index (χ3v) is 2.80. The normalized spacial score (nSPS) is 10.6. The van der Waals surface area contributed by atoms with Gasteiger partial charge in [-0.05, 0) is 12.5 Å². The fraction of sp³-hybridized carbons (Fsp3) is 0.250. The van der Waals surface area contributed by atoms with Crippen molar-refractivity contribution in [3.8, 4) is 0 Å². The predicted molar refractivity (Wildman–Crippen MR) is 50.5 cm³/mol. The van der Waals surface area contributed by atoms with E-state index >= 15 is 0 Å². The minimum atomic E-state index is -2.72. The molecule has 0 spiro atoms. The van der Waals surface area contributed by atoms with Crippen LogP contribution in [0.1, 0.15) is 17.6 Å². The smallest absolute Gasteiger partial charge is 0.258 e. The Labute approximate surface area is 87.0 Å². The first-order valence-corrected chi connectivity index (χ1v) is 4.45. The van der Waals surface area contributed by atoms with E-state index in [-0.39, 0.29) is 15.7 Å². The van der Waals surface area contributed by atoms with Crippen LogP contribution in [0.2, 0.25) is 0 Å². The van der Waals surface area contributed by atoms with Gasteiger partial charge in [0.2, 0.25) is 0 Å². The predicted octanol–water partition coefficient (Wildman–Crippen LogP) is 3.60. The molecule has 0 aliphatic rings. The number of benzene rings is 1. The Morgan fingerprint density at radius 3 is 2.50 bits per heavy atom. The molecule has 0 saturated heterocycles. The van der Waals surface area contributed by atoms with Crippen molar-refractivity contribution in [1.29, 1.82) is 0 Å². The SMILES string of the molecule is Cc1cc([N+](=O)[O-])cc(C(F)F)c1Br. The third kappa shape index (κ3) is 2.06. The second-order valence-corrected chi connectivity index (χ2v) is 3.52. The molecule has 14 heavy (non-hydrogen) atoms. The minimum absolute atomic E-state index is 0.220. The molecule has 0 bridgehead atoms. The number of hydrogen-bond donors (Lipinski definition) is 0. The molecule has 0 radical (unpaired) electrons. The van der Waals surface area contributed by atoms with Crippen molar-refractivity contribution >= 4 is 21.6 Å². The summed E-state index contributed by atoms with van der Waals surface area (Å²) in [7, 11) is 0. The summed E-state index contributed by atoms with van der Waals surface area (Å²) in [6.45, 7) is 1.53. The summed E-state index contributed by atoms with van der Waals surface area (Å²) < 4.78 is 25.0. The number of halogens is 3. The summed E-state index contributed by atoms with van der Waals surface area (Å²) >= 11 is 2.96.